The van der Waals surface area contributed by atoms with Crippen LogP contribution >= 0.6 is 0 Å². The lowest BCUT2D eigenvalue weighted by Gasteiger charge is -2.26. The summed E-state index contributed by atoms with van der Waals surface area (Å²) in [7, 11) is 0. The van der Waals surface area contributed by atoms with E-state index in [0.29, 0.717) is 38.2 Å². The second kappa shape index (κ2) is 11.4. The molecule has 0 saturated carbocycles. The van der Waals surface area contributed by atoms with Crippen LogP contribution in [-0.2, 0) is 9.47 Å². The van der Waals surface area contributed by atoms with Gasteiger partial charge < -0.3 is 19.7 Å². The summed E-state index contributed by atoms with van der Waals surface area (Å²) < 4.78 is 11.0. The van der Waals surface area contributed by atoms with Crippen LogP contribution in [0.3, 0.4) is 0 Å². The molecule has 1 aromatic heterocycles. The van der Waals surface area contributed by atoms with Crippen molar-refractivity contribution in [2.45, 2.75) is 64.6 Å². The Bertz CT molecular complexity index is 724. The maximum atomic E-state index is 12.4. The number of rotatable bonds is 6. The fraction of sp³-hybridized carbons (Fsp3) is 0.609. The highest BCUT2D eigenvalue weighted by Crippen LogP contribution is 2.22. The first kappa shape index (κ1) is 23.5. The van der Waals surface area contributed by atoms with Gasteiger partial charge in [-0.05, 0) is 58.1 Å². The molecule has 164 valence electrons. The van der Waals surface area contributed by atoms with Gasteiger partial charge in [-0.15, -0.1) is 12.3 Å². The predicted molar refractivity (Wildman–Crippen MR) is 115 cm³/mol. The molecule has 2 atom stereocenters. The van der Waals surface area contributed by atoms with Gasteiger partial charge in [0.25, 0.3) is 0 Å². The normalized spacial score (nSPS) is 17.9. The third-order valence-corrected chi connectivity index (χ3v) is 4.85. The molecule has 1 aromatic rings. The number of alkyl carbamates (subject to hydrolysis) is 1. The summed E-state index contributed by atoms with van der Waals surface area (Å²) >= 11 is 0. The minimum Gasteiger partial charge on any atom is -0.444 e. The number of hydrogen-bond donors (Lipinski definition) is 1. The molecule has 1 fully saturated rings. The van der Waals surface area contributed by atoms with E-state index in [1.165, 1.54) is 0 Å². The maximum Gasteiger partial charge on any atom is 0.410 e. The second-order valence-electron chi connectivity index (χ2n) is 8.54. The zero-order valence-electron chi connectivity index (χ0n) is 18.2. The number of pyridine rings is 1. The van der Waals surface area contributed by atoms with Crippen molar-refractivity contribution in [2.75, 3.05) is 19.6 Å². The highest BCUT2D eigenvalue weighted by Gasteiger charge is 2.26. The Morgan fingerprint density at radius 2 is 2.13 bits per heavy atom. The van der Waals surface area contributed by atoms with E-state index < -0.39 is 17.8 Å². The molecule has 2 amide bonds. The number of likely N-dealkylation sites (tertiary alicyclic amines) is 1. The smallest absolute Gasteiger partial charge is 0.410 e. The van der Waals surface area contributed by atoms with E-state index in [0.717, 1.165) is 19.3 Å². The van der Waals surface area contributed by atoms with E-state index >= 15 is 0 Å². The van der Waals surface area contributed by atoms with Crippen LogP contribution in [0.15, 0.2) is 24.4 Å². The molecule has 0 aliphatic carbocycles. The molecule has 2 heterocycles. The Morgan fingerprint density at radius 1 is 1.33 bits per heavy atom. The lowest BCUT2D eigenvalue weighted by atomic mass is 10.0. The fourth-order valence-corrected chi connectivity index (χ4v) is 3.33. The second-order valence-corrected chi connectivity index (χ2v) is 8.54. The molecule has 0 spiro atoms. The number of nitrogens with one attached hydrogen (secondary N) is 1. The molecule has 7 nitrogen and oxygen atoms in total. The number of aromatic nitrogens is 1. The van der Waals surface area contributed by atoms with E-state index in [1.807, 2.05) is 39.0 Å². The summed E-state index contributed by atoms with van der Waals surface area (Å²) in [5, 5.41) is 2.86. The SMILES string of the molecule is C#CCCC(OC(=O)NCC1CCCN(C(=O)OC(C)(C)C)CC1)c1ccccn1. The number of nitrogens with zero attached hydrogens (tertiary/aromatic N) is 2. The average Bonchev–Trinajstić information content (AvgIpc) is 2.95. The number of carbonyl (C=O) groups is 2. The van der Waals surface area contributed by atoms with Gasteiger partial charge in [-0.3, -0.25) is 4.98 Å². The van der Waals surface area contributed by atoms with Crippen molar-refractivity contribution in [1.82, 2.24) is 15.2 Å². The van der Waals surface area contributed by atoms with Crippen LogP contribution in [-0.4, -0.2) is 47.3 Å². The molecule has 2 rings (SSSR count). The van der Waals surface area contributed by atoms with Gasteiger partial charge in [0.2, 0.25) is 0 Å². The quantitative estimate of drug-likeness (QED) is 0.701. The zero-order valence-corrected chi connectivity index (χ0v) is 18.2. The lowest BCUT2D eigenvalue weighted by Crippen LogP contribution is -2.37. The Morgan fingerprint density at radius 3 is 2.80 bits per heavy atom. The van der Waals surface area contributed by atoms with Crippen LogP contribution < -0.4 is 5.32 Å². The van der Waals surface area contributed by atoms with Gasteiger partial charge in [-0.2, -0.15) is 0 Å². The van der Waals surface area contributed by atoms with E-state index in [2.05, 4.69) is 16.2 Å². The first-order valence-electron chi connectivity index (χ1n) is 10.6. The van der Waals surface area contributed by atoms with Gasteiger partial charge in [-0.25, -0.2) is 9.59 Å². The van der Waals surface area contributed by atoms with Crippen molar-refractivity contribution in [2.24, 2.45) is 5.92 Å². The lowest BCUT2D eigenvalue weighted by molar-refractivity contribution is 0.0254. The molecule has 1 aliphatic rings. The van der Waals surface area contributed by atoms with Crippen molar-refractivity contribution < 1.29 is 19.1 Å². The monoisotopic (exact) mass is 415 g/mol. The highest BCUT2D eigenvalue weighted by atomic mass is 16.6. The minimum absolute atomic E-state index is 0.276. The third kappa shape index (κ3) is 8.32. The summed E-state index contributed by atoms with van der Waals surface area (Å²) in [4.78, 5) is 30.7. The van der Waals surface area contributed by atoms with E-state index in [1.54, 1.807) is 11.1 Å². The van der Waals surface area contributed by atoms with Crippen molar-refractivity contribution in [3.63, 3.8) is 0 Å². The van der Waals surface area contributed by atoms with Gasteiger partial charge >= 0.3 is 12.2 Å². The molecule has 2 unspecified atom stereocenters. The van der Waals surface area contributed by atoms with Crippen LogP contribution in [0.5, 0.6) is 0 Å². The Kier molecular flexibility index (Phi) is 8.97. The molecule has 7 heteroatoms. The average molecular weight is 416 g/mol. The first-order valence-corrected chi connectivity index (χ1v) is 10.6. The number of hydrogen-bond acceptors (Lipinski definition) is 5. The molecule has 0 radical (unpaired) electrons. The van der Waals surface area contributed by atoms with Crippen LogP contribution in [0.1, 0.15) is 64.7 Å². The topological polar surface area (TPSA) is 80.8 Å². The summed E-state index contributed by atoms with van der Waals surface area (Å²) in [6.45, 7) is 7.39. The molecule has 0 aromatic carbocycles. The molecular weight excluding hydrogens is 382 g/mol. The molecule has 1 aliphatic heterocycles. The number of terminal acetylenes is 1. The van der Waals surface area contributed by atoms with Crippen molar-refractivity contribution in [3.8, 4) is 12.3 Å². The van der Waals surface area contributed by atoms with Gasteiger partial charge in [0, 0.05) is 38.7 Å². The van der Waals surface area contributed by atoms with Crippen molar-refractivity contribution >= 4 is 12.2 Å². The van der Waals surface area contributed by atoms with E-state index in [4.69, 9.17) is 15.9 Å². The highest BCUT2D eigenvalue weighted by molar-refractivity contribution is 5.68. The third-order valence-electron chi connectivity index (χ3n) is 4.85. The molecule has 1 saturated heterocycles. The van der Waals surface area contributed by atoms with Gasteiger partial charge in [0.05, 0.1) is 5.69 Å². The molecular formula is C23H33N3O4. The predicted octanol–water partition coefficient (Wildman–Crippen LogP) is 4.30. The number of amides is 2. The molecule has 1 N–H and O–H groups in total. The van der Waals surface area contributed by atoms with Gasteiger partial charge in [0.15, 0.2) is 0 Å². The van der Waals surface area contributed by atoms with Crippen LogP contribution in [0.25, 0.3) is 0 Å². The van der Waals surface area contributed by atoms with E-state index in [-0.39, 0.29) is 12.0 Å². The summed E-state index contributed by atoms with van der Waals surface area (Å²) in [5.74, 6) is 2.86. The van der Waals surface area contributed by atoms with Crippen molar-refractivity contribution in [3.05, 3.63) is 30.1 Å². The van der Waals surface area contributed by atoms with E-state index in [9.17, 15) is 9.59 Å². The number of carbonyl (C=O) groups excluding carboxylic acids is 2. The fourth-order valence-electron chi connectivity index (χ4n) is 3.33. The summed E-state index contributed by atoms with van der Waals surface area (Å²) in [6.07, 6.45) is 9.43. The standard InChI is InChI=1S/C23H33N3O4/c1-5-6-12-20(19-11-7-8-14-24-19)29-21(27)25-17-18-10-9-15-26(16-13-18)22(28)30-23(2,3)4/h1,7-8,11,14,18,20H,6,9-10,12-13,15-17H2,2-4H3,(H,25,27). The van der Waals surface area contributed by atoms with Crippen LogP contribution in [0.2, 0.25) is 0 Å². The maximum absolute atomic E-state index is 12.4. The first-order chi connectivity index (χ1) is 14.3. The Hall–Kier alpha value is -2.75. The van der Waals surface area contributed by atoms with Gasteiger partial charge in [-0.1, -0.05) is 6.07 Å². The van der Waals surface area contributed by atoms with Crippen LogP contribution in [0, 0.1) is 18.3 Å². The van der Waals surface area contributed by atoms with Crippen molar-refractivity contribution in [1.29, 1.82) is 0 Å². The minimum atomic E-state index is -0.502. The number of ether oxygens (including phenoxy) is 2. The van der Waals surface area contributed by atoms with Gasteiger partial charge in [0.1, 0.15) is 11.7 Å². The zero-order chi connectivity index (χ0) is 22.0. The largest absolute Gasteiger partial charge is 0.444 e. The Labute approximate surface area is 179 Å². The summed E-state index contributed by atoms with van der Waals surface area (Å²) in [5.41, 5.74) is 0.183. The molecule has 30 heavy (non-hydrogen) atoms. The Balaban J connectivity index is 1.81. The molecule has 0 bridgehead atoms. The van der Waals surface area contributed by atoms with Crippen LogP contribution in [0.4, 0.5) is 9.59 Å². The summed E-state index contributed by atoms with van der Waals surface area (Å²) in [6, 6.07) is 5.49.